The molecule has 1 atom stereocenters. The largest absolute Gasteiger partial charge is 0.356 e. The van der Waals surface area contributed by atoms with Crippen molar-refractivity contribution in [2.45, 2.75) is 24.7 Å². The molecule has 1 aliphatic rings. The van der Waals surface area contributed by atoms with Crippen LogP contribution in [0.4, 0.5) is 5.82 Å². The third kappa shape index (κ3) is 4.68. The number of aryl methyl sites for hydroxylation is 1. The number of aromatic nitrogens is 2. The number of halogens is 1. The molecular formula is C17H20ClN3O3S. The van der Waals surface area contributed by atoms with Crippen LogP contribution in [0.1, 0.15) is 18.4 Å². The van der Waals surface area contributed by atoms with Crippen molar-refractivity contribution in [3.05, 3.63) is 47.4 Å². The Hall–Kier alpha value is -1.70. The Morgan fingerprint density at radius 1 is 1.28 bits per heavy atom. The van der Waals surface area contributed by atoms with Gasteiger partial charge in [0, 0.05) is 25.1 Å². The molecule has 0 aliphatic carbocycles. The van der Waals surface area contributed by atoms with Crippen LogP contribution in [-0.2, 0) is 14.3 Å². The summed E-state index contributed by atoms with van der Waals surface area (Å²) in [4.78, 5) is 10.4. The molecule has 134 valence electrons. The van der Waals surface area contributed by atoms with E-state index in [1.165, 1.54) is 6.33 Å². The molecule has 0 saturated carbocycles. The highest BCUT2D eigenvalue weighted by atomic mass is 35.5. The summed E-state index contributed by atoms with van der Waals surface area (Å²) in [5.74, 6) is 0.869. The van der Waals surface area contributed by atoms with Crippen LogP contribution >= 0.6 is 11.6 Å². The molecule has 1 saturated heterocycles. The lowest BCUT2D eigenvalue weighted by molar-refractivity contribution is 0.233. The molecule has 3 rings (SSSR count). The van der Waals surface area contributed by atoms with E-state index in [0.29, 0.717) is 11.7 Å². The molecular weight excluding hydrogens is 362 g/mol. The van der Waals surface area contributed by atoms with Gasteiger partial charge < -0.3 is 4.90 Å². The molecule has 1 aliphatic heterocycles. The third-order valence-electron chi connectivity index (χ3n) is 4.23. The van der Waals surface area contributed by atoms with Crippen molar-refractivity contribution in [1.82, 2.24) is 9.97 Å². The molecule has 1 unspecified atom stereocenters. The zero-order valence-electron chi connectivity index (χ0n) is 13.9. The van der Waals surface area contributed by atoms with Gasteiger partial charge in [0.05, 0.1) is 11.5 Å². The summed E-state index contributed by atoms with van der Waals surface area (Å²) >= 11 is 5.92. The second kappa shape index (κ2) is 7.68. The van der Waals surface area contributed by atoms with Crippen LogP contribution in [0.3, 0.4) is 0 Å². The van der Waals surface area contributed by atoms with Crippen molar-refractivity contribution in [2.75, 3.05) is 24.6 Å². The molecule has 1 fully saturated rings. The highest BCUT2D eigenvalue weighted by Crippen LogP contribution is 2.24. The van der Waals surface area contributed by atoms with Crippen molar-refractivity contribution in [3.8, 4) is 0 Å². The lowest BCUT2D eigenvalue weighted by Gasteiger charge is -2.33. The van der Waals surface area contributed by atoms with E-state index in [2.05, 4.69) is 14.9 Å². The van der Waals surface area contributed by atoms with E-state index in [4.69, 9.17) is 15.8 Å². The van der Waals surface area contributed by atoms with Crippen molar-refractivity contribution < 1.29 is 12.6 Å². The fourth-order valence-electron chi connectivity index (χ4n) is 2.87. The Morgan fingerprint density at radius 2 is 2.04 bits per heavy atom. The van der Waals surface area contributed by atoms with Gasteiger partial charge in [-0.15, -0.1) is 0 Å². The molecule has 6 nitrogen and oxygen atoms in total. The van der Waals surface area contributed by atoms with Gasteiger partial charge in [-0.1, -0.05) is 29.3 Å². The van der Waals surface area contributed by atoms with Crippen LogP contribution in [0, 0.1) is 12.8 Å². The zero-order valence-corrected chi connectivity index (χ0v) is 15.5. The average molecular weight is 382 g/mol. The van der Waals surface area contributed by atoms with E-state index in [1.54, 1.807) is 30.3 Å². The Morgan fingerprint density at radius 3 is 2.76 bits per heavy atom. The van der Waals surface area contributed by atoms with Gasteiger partial charge >= 0.3 is 0 Å². The normalized spacial score (nSPS) is 18.3. The first-order valence-electron chi connectivity index (χ1n) is 8.12. The van der Waals surface area contributed by atoms with E-state index < -0.39 is 10.1 Å². The minimum Gasteiger partial charge on any atom is -0.356 e. The van der Waals surface area contributed by atoms with Crippen LogP contribution in [0.5, 0.6) is 0 Å². The number of nitrogens with zero attached hydrogens (tertiary/aromatic N) is 3. The molecule has 0 amide bonds. The number of anilines is 1. The van der Waals surface area contributed by atoms with Crippen molar-refractivity contribution in [1.29, 1.82) is 0 Å². The molecule has 0 spiro atoms. The van der Waals surface area contributed by atoms with Gasteiger partial charge in [0.2, 0.25) is 0 Å². The number of rotatable bonds is 5. The highest BCUT2D eigenvalue weighted by molar-refractivity contribution is 7.86. The molecule has 0 radical (unpaired) electrons. The fourth-order valence-corrected chi connectivity index (χ4v) is 3.98. The predicted octanol–water partition coefficient (Wildman–Crippen LogP) is 3.06. The standard InChI is InChI=1S/C17H20ClN3O3S/c1-13-4-6-15(7-5-13)25(22,23)24-11-14-3-2-8-21(10-14)17-9-16(18)19-12-20-17/h4-7,9,12,14H,2-3,8,10-11H2,1H3. The monoisotopic (exact) mass is 381 g/mol. The van der Waals surface area contributed by atoms with Crippen molar-refractivity contribution >= 4 is 27.5 Å². The predicted molar refractivity (Wildman–Crippen MR) is 96.3 cm³/mol. The summed E-state index contributed by atoms with van der Waals surface area (Å²) in [6, 6.07) is 8.38. The van der Waals surface area contributed by atoms with E-state index in [-0.39, 0.29) is 17.4 Å². The maximum Gasteiger partial charge on any atom is 0.296 e. The summed E-state index contributed by atoms with van der Waals surface area (Å²) in [5.41, 5.74) is 1.00. The van der Waals surface area contributed by atoms with Gasteiger partial charge in [-0.3, -0.25) is 4.18 Å². The van der Waals surface area contributed by atoms with Gasteiger partial charge in [-0.05, 0) is 31.9 Å². The van der Waals surface area contributed by atoms with Crippen LogP contribution in [0.25, 0.3) is 0 Å². The number of piperidine rings is 1. The maximum atomic E-state index is 12.3. The summed E-state index contributed by atoms with van der Waals surface area (Å²) in [6.45, 7) is 3.60. The maximum absolute atomic E-state index is 12.3. The molecule has 2 aromatic rings. The first-order chi connectivity index (χ1) is 11.9. The zero-order chi connectivity index (χ0) is 17.9. The topological polar surface area (TPSA) is 72.4 Å². The minimum atomic E-state index is -3.73. The second-order valence-corrected chi connectivity index (χ2v) is 8.21. The van der Waals surface area contributed by atoms with Crippen LogP contribution in [-0.4, -0.2) is 38.1 Å². The summed E-state index contributed by atoms with van der Waals surface area (Å²) < 4.78 is 29.9. The van der Waals surface area contributed by atoms with Crippen molar-refractivity contribution in [3.63, 3.8) is 0 Å². The van der Waals surface area contributed by atoms with E-state index >= 15 is 0 Å². The quantitative estimate of drug-likeness (QED) is 0.585. The van der Waals surface area contributed by atoms with Gasteiger partial charge in [-0.25, -0.2) is 9.97 Å². The summed E-state index contributed by atoms with van der Waals surface area (Å²) in [7, 11) is -3.73. The van der Waals surface area contributed by atoms with Crippen LogP contribution < -0.4 is 4.90 Å². The van der Waals surface area contributed by atoms with Gasteiger partial charge in [0.1, 0.15) is 17.3 Å². The van der Waals surface area contributed by atoms with E-state index in [0.717, 1.165) is 30.8 Å². The number of hydrogen-bond donors (Lipinski definition) is 0. The van der Waals surface area contributed by atoms with Crippen LogP contribution in [0.2, 0.25) is 5.15 Å². The SMILES string of the molecule is Cc1ccc(S(=O)(=O)OCC2CCCN(c3cc(Cl)ncn3)C2)cc1. The lowest BCUT2D eigenvalue weighted by atomic mass is 9.99. The molecule has 8 heteroatoms. The average Bonchev–Trinajstić information content (AvgIpc) is 2.61. The van der Waals surface area contributed by atoms with E-state index in [1.807, 2.05) is 6.92 Å². The Labute approximate surface area is 152 Å². The second-order valence-electron chi connectivity index (χ2n) is 6.20. The van der Waals surface area contributed by atoms with Gasteiger partial charge in [0.15, 0.2) is 0 Å². The fraction of sp³-hybridized carbons (Fsp3) is 0.412. The van der Waals surface area contributed by atoms with Gasteiger partial charge in [-0.2, -0.15) is 8.42 Å². The smallest absolute Gasteiger partial charge is 0.296 e. The van der Waals surface area contributed by atoms with Crippen LogP contribution in [0.15, 0.2) is 41.6 Å². The summed E-state index contributed by atoms with van der Waals surface area (Å²) in [5, 5.41) is 0.394. The molecule has 1 aromatic heterocycles. The Bertz CT molecular complexity index is 827. The Kier molecular flexibility index (Phi) is 5.56. The minimum absolute atomic E-state index is 0.114. The molecule has 1 aromatic carbocycles. The summed E-state index contributed by atoms with van der Waals surface area (Å²) in [6.07, 6.45) is 3.29. The Balaban J connectivity index is 1.62. The van der Waals surface area contributed by atoms with E-state index in [9.17, 15) is 8.42 Å². The third-order valence-corrected chi connectivity index (χ3v) is 5.73. The lowest BCUT2D eigenvalue weighted by Crippen LogP contribution is -2.38. The number of hydrogen-bond acceptors (Lipinski definition) is 6. The molecule has 25 heavy (non-hydrogen) atoms. The molecule has 2 heterocycles. The molecule has 0 bridgehead atoms. The first kappa shape index (κ1) is 18.1. The van der Waals surface area contributed by atoms with Crippen molar-refractivity contribution in [2.24, 2.45) is 5.92 Å². The first-order valence-corrected chi connectivity index (χ1v) is 9.91. The van der Waals surface area contributed by atoms with Gasteiger partial charge in [0.25, 0.3) is 10.1 Å². The highest BCUT2D eigenvalue weighted by Gasteiger charge is 2.24. The molecule has 0 N–H and O–H groups in total. The number of benzene rings is 1.